The van der Waals surface area contributed by atoms with Crippen LogP contribution in [-0.4, -0.2) is 82.9 Å². The van der Waals surface area contributed by atoms with Crippen LogP contribution in [0.25, 0.3) is 10.9 Å². The molecule has 2 saturated heterocycles. The topological polar surface area (TPSA) is 169 Å². The molecule has 14 nitrogen and oxygen atoms in total. The number of H-pyrrole nitrogens is 1. The van der Waals surface area contributed by atoms with Crippen LogP contribution >= 0.6 is 0 Å². The number of likely N-dealkylation sites (tertiary alicyclic amines) is 2. The number of aromatic nitrogens is 2. The minimum Gasteiger partial charge on any atom is -0.494 e. The molecule has 2 fully saturated rings. The van der Waals surface area contributed by atoms with E-state index in [0.717, 1.165) is 24.7 Å². The maximum atomic E-state index is 13.3. The molecule has 3 aromatic rings. The monoisotopic (exact) mass is 529 g/mol. The van der Waals surface area contributed by atoms with Gasteiger partial charge in [0.25, 0.3) is 11.7 Å². The summed E-state index contributed by atoms with van der Waals surface area (Å²) in [5.74, 6) is 0.584. The Morgan fingerprint density at radius 2 is 1.95 bits per heavy atom. The SMILES string of the molecule is COc1cnc(N=CN=C(C)N)c2[nH]cc(C(=O)C(=O)N3CC4(C3)CN(C3=NNNN3c3ccccc3)C4)c12. The van der Waals surface area contributed by atoms with Crippen LogP contribution in [0.3, 0.4) is 0 Å². The van der Waals surface area contributed by atoms with Crippen molar-refractivity contribution in [1.82, 2.24) is 30.8 Å². The zero-order valence-electron chi connectivity index (χ0n) is 21.4. The van der Waals surface area contributed by atoms with Gasteiger partial charge in [-0.2, -0.15) is 0 Å². The van der Waals surface area contributed by atoms with Gasteiger partial charge in [0.1, 0.15) is 12.1 Å². The Morgan fingerprint density at radius 3 is 2.67 bits per heavy atom. The van der Waals surface area contributed by atoms with E-state index < -0.39 is 11.7 Å². The number of amides is 1. The second-order valence-corrected chi connectivity index (χ2v) is 9.77. The highest BCUT2D eigenvalue weighted by Crippen LogP contribution is 2.41. The number of methoxy groups -OCH3 is 1. The summed E-state index contributed by atoms with van der Waals surface area (Å²) >= 11 is 0. The Balaban J connectivity index is 1.13. The van der Waals surface area contributed by atoms with Crippen LogP contribution < -0.4 is 26.5 Å². The lowest BCUT2D eigenvalue weighted by molar-refractivity contribution is -0.147. The lowest BCUT2D eigenvalue weighted by Gasteiger charge is -2.60. The molecule has 0 bridgehead atoms. The molecule has 3 aliphatic heterocycles. The lowest BCUT2D eigenvalue weighted by atomic mass is 9.72. The second kappa shape index (κ2) is 9.40. The van der Waals surface area contributed by atoms with E-state index in [1.807, 2.05) is 35.3 Å². The Hall–Kier alpha value is -4.98. The number of pyridine rings is 1. The van der Waals surface area contributed by atoms with Gasteiger partial charge < -0.3 is 25.3 Å². The number of nitrogens with zero attached hydrogens (tertiary/aromatic N) is 7. The number of carbonyl (C=O) groups is 2. The van der Waals surface area contributed by atoms with Gasteiger partial charge in [-0.1, -0.05) is 18.2 Å². The number of fused-ring (bicyclic) bond motifs is 1. The van der Waals surface area contributed by atoms with Crippen LogP contribution in [0.4, 0.5) is 11.5 Å². The van der Waals surface area contributed by atoms with Gasteiger partial charge in [-0.25, -0.2) is 25.5 Å². The Kier molecular flexibility index (Phi) is 5.87. The average molecular weight is 530 g/mol. The van der Waals surface area contributed by atoms with Gasteiger partial charge in [0.2, 0.25) is 5.96 Å². The zero-order chi connectivity index (χ0) is 27.1. The lowest BCUT2D eigenvalue weighted by Crippen LogP contribution is -2.75. The van der Waals surface area contributed by atoms with Crippen LogP contribution in [-0.2, 0) is 4.79 Å². The number of ether oxygens (including phenoxy) is 1. The molecule has 0 saturated carbocycles. The highest BCUT2D eigenvalue weighted by molar-refractivity contribution is 6.45. The van der Waals surface area contributed by atoms with E-state index in [2.05, 4.69) is 41.0 Å². The molecule has 0 aliphatic carbocycles. The van der Waals surface area contributed by atoms with Gasteiger partial charge in [-0.3, -0.25) is 9.59 Å². The van der Waals surface area contributed by atoms with E-state index in [-0.39, 0.29) is 11.0 Å². The van der Waals surface area contributed by atoms with Gasteiger partial charge in [-0.05, 0) is 19.1 Å². The standard InChI is InChI=1S/C25H27N11O3/c1-15(26)29-14-30-22-20-19(18(39-2)9-28-22)17(8-27-20)21(37)23(38)34-10-25(11-34)12-35(13-25)24-31-32-33-36(24)16-6-4-3-5-7-16/h3-9,14,27,32-33H,10-13H2,1-2H3,(H2,26,28,29,30). The quantitative estimate of drug-likeness (QED) is 0.156. The molecule has 5 N–H and O–H groups in total. The fourth-order valence-electron chi connectivity index (χ4n) is 5.18. The summed E-state index contributed by atoms with van der Waals surface area (Å²) in [5, 5.41) is 6.68. The van der Waals surface area contributed by atoms with Crippen molar-refractivity contribution in [2.24, 2.45) is 26.2 Å². The maximum Gasteiger partial charge on any atom is 0.295 e. The van der Waals surface area contributed by atoms with Crippen LogP contribution in [0, 0.1) is 5.41 Å². The van der Waals surface area contributed by atoms with Crippen LogP contribution in [0.15, 0.2) is 57.8 Å². The predicted octanol–water partition coefficient (Wildman–Crippen LogP) is 0.736. The molecule has 2 aromatic heterocycles. The predicted molar refractivity (Wildman–Crippen MR) is 146 cm³/mol. The Labute approximate surface area is 223 Å². The van der Waals surface area contributed by atoms with Crippen molar-refractivity contribution >= 4 is 52.2 Å². The molecule has 1 aromatic carbocycles. The molecule has 14 heteroatoms. The third-order valence-electron chi connectivity index (χ3n) is 6.96. The van der Waals surface area contributed by atoms with Gasteiger partial charge in [0.15, 0.2) is 5.82 Å². The number of hydrogen-bond acceptors (Lipinski definition) is 10. The number of ketones is 1. The average Bonchev–Trinajstić information content (AvgIpc) is 3.55. The number of aliphatic imine (C=N–C) groups is 2. The van der Waals surface area contributed by atoms with Crippen molar-refractivity contribution < 1.29 is 14.3 Å². The molecule has 0 radical (unpaired) electrons. The second-order valence-electron chi connectivity index (χ2n) is 9.77. The Morgan fingerprint density at radius 1 is 1.18 bits per heavy atom. The summed E-state index contributed by atoms with van der Waals surface area (Å²) in [6.45, 7) is 4.10. The van der Waals surface area contributed by atoms with Crippen molar-refractivity contribution in [3.05, 3.63) is 48.3 Å². The number of carbonyl (C=O) groups excluding carboxylic acids is 2. The molecule has 3 aliphatic rings. The molecule has 200 valence electrons. The number of rotatable bonds is 6. The van der Waals surface area contributed by atoms with E-state index in [4.69, 9.17) is 10.5 Å². The number of nitrogens with two attached hydrogens (primary N) is 1. The normalized spacial score (nSPS) is 18.3. The number of hydrazine groups is 2. The van der Waals surface area contributed by atoms with Crippen molar-refractivity contribution in [2.75, 3.05) is 38.3 Å². The minimum atomic E-state index is -0.619. The molecular weight excluding hydrogens is 502 g/mol. The smallest absolute Gasteiger partial charge is 0.295 e. The number of anilines is 1. The highest BCUT2D eigenvalue weighted by Gasteiger charge is 2.55. The molecule has 6 rings (SSSR count). The third kappa shape index (κ3) is 4.20. The van der Waals surface area contributed by atoms with Crippen molar-refractivity contribution in [1.29, 1.82) is 0 Å². The van der Waals surface area contributed by atoms with Gasteiger partial charge in [0.05, 0.1) is 41.3 Å². The summed E-state index contributed by atoms with van der Waals surface area (Å²) < 4.78 is 5.43. The first-order valence-corrected chi connectivity index (χ1v) is 12.3. The molecular formula is C25H27N11O3. The van der Waals surface area contributed by atoms with Crippen molar-refractivity contribution in [3.63, 3.8) is 0 Å². The number of amidine groups is 1. The number of hydrogen-bond donors (Lipinski definition) is 4. The summed E-state index contributed by atoms with van der Waals surface area (Å²) in [6, 6.07) is 9.85. The number of nitrogens with one attached hydrogen (secondary N) is 3. The summed E-state index contributed by atoms with van der Waals surface area (Å²) in [7, 11) is 1.48. The number of aromatic amines is 1. The Bertz CT molecular complexity index is 1530. The molecule has 0 unspecified atom stereocenters. The largest absolute Gasteiger partial charge is 0.494 e. The summed E-state index contributed by atoms with van der Waals surface area (Å²) in [5.41, 5.74) is 12.9. The van der Waals surface area contributed by atoms with Crippen LogP contribution in [0.1, 0.15) is 17.3 Å². The van der Waals surface area contributed by atoms with Gasteiger partial charge >= 0.3 is 0 Å². The molecule has 1 spiro atoms. The molecule has 5 heterocycles. The highest BCUT2D eigenvalue weighted by atomic mass is 16.5. The van der Waals surface area contributed by atoms with Crippen LogP contribution in [0.2, 0.25) is 0 Å². The zero-order valence-corrected chi connectivity index (χ0v) is 21.4. The minimum absolute atomic E-state index is 0.0608. The summed E-state index contributed by atoms with van der Waals surface area (Å²) in [4.78, 5) is 45.6. The fraction of sp³-hybridized carbons (Fsp3) is 0.280. The van der Waals surface area contributed by atoms with Crippen LogP contribution in [0.5, 0.6) is 5.75 Å². The first-order valence-electron chi connectivity index (χ1n) is 12.3. The van der Waals surface area contributed by atoms with Gasteiger partial charge in [-0.15, -0.1) is 10.6 Å². The van der Waals surface area contributed by atoms with Gasteiger partial charge in [0, 0.05) is 37.8 Å². The number of Topliss-reactive ketones (excluding diaryl/α,β-unsaturated/α-hetero) is 1. The van der Waals surface area contributed by atoms with Crippen molar-refractivity contribution in [2.45, 2.75) is 6.92 Å². The number of hydrazone groups is 1. The maximum absolute atomic E-state index is 13.3. The molecule has 1 amide bonds. The number of para-hydroxylation sites is 1. The first kappa shape index (κ1) is 24.4. The van der Waals surface area contributed by atoms with E-state index in [0.29, 0.717) is 41.4 Å². The first-order chi connectivity index (χ1) is 18.9. The van der Waals surface area contributed by atoms with Crippen molar-refractivity contribution in [3.8, 4) is 5.75 Å². The molecule has 0 atom stereocenters. The number of guanidine groups is 1. The van der Waals surface area contributed by atoms with E-state index >= 15 is 0 Å². The number of benzene rings is 1. The fourth-order valence-corrected chi connectivity index (χ4v) is 5.18. The van der Waals surface area contributed by atoms with E-state index in [1.54, 1.807) is 11.8 Å². The van der Waals surface area contributed by atoms with E-state index in [1.165, 1.54) is 25.8 Å². The van der Waals surface area contributed by atoms with E-state index in [9.17, 15) is 9.59 Å². The third-order valence-corrected chi connectivity index (χ3v) is 6.96. The summed E-state index contributed by atoms with van der Waals surface area (Å²) in [6.07, 6.45) is 4.22. The molecule has 39 heavy (non-hydrogen) atoms.